The number of carbonyl (C=O) groups excluding carboxylic acids is 1. The molecular weight excluding hydrogens is 324 g/mol. The van der Waals surface area contributed by atoms with Crippen LogP contribution in [0.5, 0.6) is 5.75 Å². The minimum absolute atomic E-state index is 0.00527. The summed E-state index contributed by atoms with van der Waals surface area (Å²) >= 11 is 6.19. The number of benzene rings is 2. The first-order valence-electron chi connectivity index (χ1n) is 8.02. The van der Waals surface area contributed by atoms with E-state index in [0.29, 0.717) is 23.7 Å². The Hall–Kier alpha value is -2.04. The number of nitrogens with zero attached hydrogens (tertiary/aromatic N) is 1. The molecule has 5 heteroatoms. The van der Waals surface area contributed by atoms with E-state index in [4.69, 9.17) is 16.3 Å². The quantitative estimate of drug-likeness (QED) is 0.927. The third-order valence-corrected chi connectivity index (χ3v) is 4.83. The number of para-hydroxylation sites is 1. The van der Waals surface area contributed by atoms with Crippen molar-refractivity contribution in [2.75, 3.05) is 26.7 Å². The summed E-state index contributed by atoms with van der Waals surface area (Å²) in [5.74, 6) is 0.792. The number of amides is 1. The Kier molecular flexibility index (Phi) is 5.07. The van der Waals surface area contributed by atoms with Gasteiger partial charge in [0.1, 0.15) is 5.75 Å². The monoisotopic (exact) mass is 344 g/mol. The van der Waals surface area contributed by atoms with Gasteiger partial charge in [-0.15, -0.1) is 0 Å². The van der Waals surface area contributed by atoms with Crippen LogP contribution in [0.2, 0.25) is 5.02 Å². The van der Waals surface area contributed by atoms with Crippen LogP contribution in [0.15, 0.2) is 42.5 Å². The van der Waals surface area contributed by atoms with Crippen molar-refractivity contribution in [3.63, 3.8) is 0 Å². The molecule has 0 spiro atoms. The van der Waals surface area contributed by atoms with E-state index in [1.807, 2.05) is 48.2 Å². The molecular formula is C19H21ClN2O2. The normalized spacial score (nSPS) is 17.6. The lowest BCUT2D eigenvalue weighted by molar-refractivity contribution is 0.0631. The van der Waals surface area contributed by atoms with E-state index in [2.05, 4.69) is 5.32 Å². The second-order valence-electron chi connectivity index (χ2n) is 5.92. The van der Waals surface area contributed by atoms with E-state index in [0.717, 1.165) is 23.4 Å². The summed E-state index contributed by atoms with van der Waals surface area (Å²) < 4.78 is 5.48. The fourth-order valence-electron chi connectivity index (χ4n) is 3.06. The van der Waals surface area contributed by atoms with Gasteiger partial charge in [-0.05, 0) is 30.7 Å². The third-order valence-electron chi connectivity index (χ3n) is 4.42. The van der Waals surface area contributed by atoms with Crippen LogP contribution in [0.3, 0.4) is 0 Å². The maximum atomic E-state index is 13.0. The third kappa shape index (κ3) is 3.25. The van der Waals surface area contributed by atoms with Gasteiger partial charge in [-0.1, -0.05) is 35.9 Å². The average molecular weight is 345 g/mol. The number of piperazine rings is 1. The van der Waals surface area contributed by atoms with Crippen LogP contribution in [0.25, 0.3) is 0 Å². The Labute approximate surface area is 147 Å². The van der Waals surface area contributed by atoms with E-state index in [-0.39, 0.29) is 11.9 Å². The smallest absolute Gasteiger partial charge is 0.254 e. The molecule has 2 aromatic rings. The topological polar surface area (TPSA) is 41.6 Å². The van der Waals surface area contributed by atoms with Crippen LogP contribution in [0, 0.1) is 6.92 Å². The molecule has 1 aliphatic rings. The fraction of sp³-hybridized carbons (Fsp3) is 0.316. The predicted molar refractivity (Wildman–Crippen MR) is 95.8 cm³/mol. The molecule has 0 bridgehead atoms. The first kappa shape index (κ1) is 16.8. The Morgan fingerprint density at radius 3 is 2.83 bits per heavy atom. The summed E-state index contributed by atoms with van der Waals surface area (Å²) in [6.45, 7) is 4.05. The molecule has 2 aromatic carbocycles. The number of hydrogen-bond donors (Lipinski definition) is 1. The Balaban J connectivity index is 1.94. The van der Waals surface area contributed by atoms with Crippen molar-refractivity contribution < 1.29 is 9.53 Å². The molecule has 0 aliphatic carbocycles. The van der Waals surface area contributed by atoms with Gasteiger partial charge >= 0.3 is 0 Å². The van der Waals surface area contributed by atoms with Crippen LogP contribution in [-0.4, -0.2) is 37.6 Å². The maximum Gasteiger partial charge on any atom is 0.254 e. The molecule has 4 nitrogen and oxygen atoms in total. The summed E-state index contributed by atoms with van der Waals surface area (Å²) in [5, 5.41) is 3.98. The lowest BCUT2D eigenvalue weighted by Crippen LogP contribution is -2.48. The van der Waals surface area contributed by atoms with Crippen molar-refractivity contribution in [1.82, 2.24) is 10.2 Å². The van der Waals surface area contributed by atoms with Gasteiger partial charge in [0.15, 0.2) is 0 Å². The number of nitrogens with one attached hydrogen (secondary N) is 1. The lowest BCUT2D eigenvalue weighted by atomic mass is 10.0. The highest BCUT2D eigenvalue weighted by Crippen LogP contribution is 2.31. The van der Waals surface area contributed by atoms with E-state index in [1.54, 1.807) is 13.2 Å². The first-order valence-corrected chi connectivity index (χ1v) is 8.40. The molecule has 3 rings (SSSR count). The molecule has 1 aliphatic heterocycles. The van der Waals surface area contributed by atoms with Gasteiger partial charge < -0.3 is 15.0 Å². The number of methoxy groups -OCH3 is 1. The number of halogens is 1. The van der Waals surface area contributed by atoms with E-state index in [1.165, 1.54) is 0 Å². The summed E-state index contributed by atoms with van der Waals surface area (Å²) in [5.41, 5.74) is 2.60. The predicted octanol–water partition coefficient (Wildman–Crippen LogP) is 3.44. The largest absolute Gasteiger partial charge is 0.496 e. The Morgan fingerprint density at radius 2 is 2.08 bits per heavy atom. The van der Waals surface area contributed by atoms with Gasteiger partial charge in [-0.3, -0.25) is 4.79 Å². The molecule has 0 aromatic heterocycles. The standard InChI is InChI=1S/C19H21ClN2O2/c1-13-7-8-14(11-16(13)20)19(23)22-10-9-21-12-17(22)15-5-3-4-6-18(15)24-2/h3-8,11,17,21H,9-10,12H2,1-2H3. The molecule has 0 radical (unpaired) electrons. The molecule has 1 N–H and O–H groups in total. The SMILES string of the molecule is COc1ccccc1C1CNCCN1C(=O)c1ccc(C)c(Cl)c1. The highest BCUT2D eigenvalue weighted by Gasteiger charge is 2.30. The van der Waals surface area contributed by atoms with Gasteiger partial charge in [0, 0.05) is 35.8 Å². The lowest BCUT2D eigenvalue weighted by Gasteiger charge is -2.37. The van der Waals surface area contributed by atoms with Gasteiger partial charge in [0.25, 0.3) is 5.91 Å². The molecule has 1 saturated heterocycles. The number of ether oxygens (including phenoxy) is 1. The summed E-state index contributed by atoms with van der Waals surface area (Å²) in [6.07, 6.45) is 0. The zero-order chi connectivity index (χ0) is 17.1. The highest BCUT2D eigenvalue weighted by atomic mass is 35.5. The summed E-state index contributed by atoms with van der Waals surface area (Å²) in [6, 6.07) is 13.3. The minimum atomic E-state index is -0.0671. The molecule has 1 fully saturated rings. The van der Waals surface area contributed by atoms with Gasteiger partial charge in [0.2, 0.25) is 0 Å². The summed E-state index contributed by atoms with van der Waals surface area (Å²) in [4.78, 5) is 14.9. The number of hydrogen-bond acceptors (Lipinski definition) is 3. The number of carbonyl (C=O) groups is 1. The van der Waals surface area contributed by atoms with E-state index >= 15 is 0 Å². The molecule has 1 atom stereocenters. The van der Waals surface area contributed by atoms with E-state index < -0.39 is 0 Å². The Morgan fingerprint density at radius 1 is 1.29 bits per heavy atom. The van der Waals surface area contributed by atoms with Crippen molar-refractivity contribution >= 4 is 17.5 Å². The zero-order valence-electron chi connectivity index (χ0n) is 13.9. The molecule has 1 amide bonds. The highest BCUT2D eigenvalue weighted by molar-refractivity contribution is 6.31. The molecule has 1 heterocycles. The van der Waals surface area contributed by atoms with Crippen LogP contribution < -0.4 is 10.1 Å². The molecule has 1 unspecified atom stereocenters. The van der Waals surface area contributed by atoms with Gasteiger partial charge in [-0.2, -0.15) is 0 Å². The zero-order valence-corrected chi connectivity index (χ0v) is 14.6. The van der Waals surface area contributed by atoms with Crippen molar-refractivity contribution in [1.29, 1.82) is 0 Å². The molecule has 0 saturated carbocycles. The summed E-state index contributed by atoms with van der Waals surface area (Å²) in [7, 11) is 1.65. The maximum absolute atomic E-state index is 13.0. The van der Waals surface area contributed by atoms with Crippen molar-refractivity contribution in [2.45, 2.75) is 13.0 Å². The minimum Gasteiger partial charge on any atom is -0.496 e. The van der Waals surface area contributed by atoms with E-state index in [9.17, 15) is 4.79 Å². The van der Waals surface area contributed by atoms with Crippen molar-refractivity contribution in [2.24, 2.45) is 0 Å². The average Bonchev–Trinajstić information content (AvgIpc) is 2.63. The Bertz CT molecular complexity index is 748. The van der Waals surface area contributed by atoms with Crippen LogP contribution >= 0.6 is 11.6 Å². The number of aryl methyl sites for hydroxylation is 1. The van der Waals surface area contributed by atoms with Crippen molar-refractivity contribution in [3.8, 4) is 5.75 Å². The van der Waals surface area contributed by atoms with Gasteiger partial charge in [-0.25, -0.2) is 0 Å². The van der Waals surface area contributed by atoms with Crippen LogP contribution in [-0.2, 0) is 0 Å². The second kappa shape index (κ2) is 7.24. The first-order chi connectivity index (χ1) is 11.6. The molecule has 24 heavy (non-hydrogen) atoms. The fourth-order valence-corrected chi connectivity index (χ4v) is 3.24. The van der Waals surface area contributed by atoms with Crippen molar-refractivity contribution in [3.05, 3.63) is 64.2 Å². The van der Waals surface area contributed by atoms with Crippen LogP contribution in [0.4, 0.5) is 0 Å². The number of rotatable bonds is 3. The second-order valence-corrected chi connectivity index (χ2v) is 6.33. The van der Waals surface area contributed by atoms with Crippen LogP contribution in [0.1, 0.15) is 27.5 Å². The molecule has 126 valence electrons. The van der Waals surface area contributed by atoms with Gasteiger partial charge in [0.05, 0.1) is 13.2 Å².